The number of likely N-dealkylation sites (tertiary alicyclic amines) is 1. The summed E-state index contributed by atoms with van der Waals surface area (Å²) in [6, 6.07) is 3.83. The van der Waals surface area contributed by atoms with E-state index in [1.165, 1.54) is 0 Å². The maximum Gasteiger partial charge on any atom is 0.122 e. The number of aromatic nitrogens is 1. The molecule has 1 aromatic heterocycles. The van der Waals surface area contributed by atoms with E-state index in [1.54, 1.807) is 13.3 Å². The summed E-state index contributed by atoms with van der Waals surface area (Å²) in [6.07, 6.45) is 2.57. The summed E-state index contributed by atoms with van der Waals surface area (Å²) in [5.74, 6) is 0.841. The van der Waals surface area contributed by atoms with Crippen LogP contribution in [0.2, 0.25) is 0 Å². The van der Waals surface area contributed by atoms with Crippen LogP contribution in [-0.2, 0) is 6.54 Å². The second-order valence-electron chi connectivity index (χ2n) is 6.31. The van der Waals surface area contributed by atoms with E-state index >= 15 is 0 Å². The molecule has 0 radical (unpaired) electrons. The molecule has 1 atom stereocenters. The molecule has 0 unspecified atom stereocenters. The Morgan fingerprint density at radius 1 is 1.42 bits per heavy atom. The Bertz CT molecular complexity index is 444. The van der Waals surface area contributed by atoms with Crippen LogP contribution in [0.4, 0.5) is 0 Å². The fourth-order valence-corrected chi connectivity index (χ4v) is 2.56. The zero-order valence-electron chi connectivity index (χ0n) is 12.3. The van der Waals surface area contributed by atoms with Gasteiger partial charge in [-0.2, -0.15) is 0 Å². The van der Waals surface area contributed by atoms with Gasteiger partial charge in [-0.25, -0.2) is 0 Å². The molecule has 0 amide bonds. The first-order valence-corrected chi connectivity index (χ1v) is 6.78. The fraction of sp³-hybridized carbons (Fsp3) is 0.667. The van der Waals surface area contributed by atoms with Gasteiger partial charge in [0.25, 0.3) is 0 Å². The average Bonchev–Trinajstić information content (AvgIpc) is 2.34. The van der Waals surface area contributed by atoms with Gasteiger partial charge < -0.3 is 9.84 Å². The van der Waals surface area contributed by atoms with Crippen LogP contribution >= 0.6 is 0 Å². The summed E-state index contributed by atoms with van der Waals surface area (Å²) in [5, 5.41) is 10.4. The second-order valence-corrected chi connectivity index (χ2v) is 6.31. The summed E-state index contributed by atoms with van der Waals surface area (Å²) < 4.78 is 5.22. The summed E-state index contributed by atoms with van der Waals surface area (Å²) in [7, 11) is 1.67. The average molecular weight is 264 g/mol. The number of hydrogen-bond acceptors (Lipinski definition) is 4. The van der Waals surface area contributed by atoms with E-state index in [0.29, 0.717) is 0 Å². The molecule has 0 spiro atoms. The topological polar surface area (TPSA) is 45.6 Å². The minimum absolute atomic E-state index is 0.107. The van der Waals surface area contributed by atoms with Gasteiger partial charge >= 0.3 is 0 Å². The maximum absolute atomic E-state index is 10.4. The summed E-state index contributed by atoms with van der Waals surface area (Å²) in [5.41, 5.74) is 0.312. The van der Waals surface area contributed by atoms with Crippen LogP contribution in [0.15, 0.2) is 18.3 Å². The number of hydrogen-bond donors (Lipinski definition) is 1. The molecule has 0 bridgehead atoms. The molecule has 2 rings (SSSR count). The molecule has 1 aliphatic heterocycles. The van der Waals surface area contributed by atoms with Gasteiger partial charge in [-0.1, -0.05) is 13.8 Å². The second kappa shape index (κ2) is 5.10. The SMILES string of the molecule is COc1ccnc(CN2CC[C@](C)(O)C(C)(C)C2)c1. The molecule has 4 heteroatoms. The van der Waals surface area contributed by atoms with Gasteiger partial charge in [-0.05, 0) is 19.4 Å². The lowest BCUT2D eigenvalue weighted by Gasteiger charge is -2.48. The molecule has 1 fully saturated rings. The van der Waals surface area contributed by atoms with Crippen LogP contribution in [0.25, 0.3) is 0 Å². The van der Waals surface area contributed by atoms with Crippen molar-refractivity contribution in [1.82, 2.24) is 9.88 Å². The van der Waals surface area contributed by atoms with Gasteiger partial charge in [0.15, 0.2) is 0 Å². The smallest absolute Gasteiger partial charge is 0.122 e. The van der Waals surface area contributed by atoms with E-state index in [4.69, 9.17) is 4.74 Å². The summed E-state index contributed by atoms with van der Waals surface area (Å²) in [4.78, 5) is 6.73. The van der Waals surface area contributed by atoms with Gasteiger partial charge in [-0.3, -0.25) is 9.88 Å². The molecule has 1 saturated heterocycles. The van der Waals surface area contributed by atoms with Gasteiger partial charge in [-0.15, -0.1) is 0 Å². The molecular weight excluding hydrogens is 240 g/mol. The highest BCUT2D eigenvalue weighted by Crippen LogP contribution is 2.38. The Labute approximate surface area is 115 Å². The van der Waals surface area contributed by atoms with E-state index < -0.39 is 5.60 Å². The number of nitrogens with zero attached hydrogens (tertiary/aromatic N) is 2. The highest BCUT2D eigenvalue weighted by Gasteiger charge is 2.43. The van der Waals surface area contributed by atoms with Crippen molar-refractivity contribution in [3.05, 3.63) is 24.0 Å². The van der Waals surface area contributed by atoms with Gasteiger partial charge in [0.2, 0.25) is 0 Å². The highest BCUT2D eigenvalue weighted by atomic mass is 16.5. The van der Waals surface area contributed by atoms with E-state index in [9.17, 15) is 5.11 Å². The third kappa shape index (κ3) is 3.07. The third-order valence-corrected chi connectivity index (χ3v) is 4.40. The van der Waals surface area contributed by atoms with E-state index in [0.717, 1.165) is 37.5 Å². The van der Waals surface area contributed by atoms with Crippen LogP contribution in [0.3, 0.4) is 0 Å². The van der Waals surface area contributed by atoms with E-state index in [-0.39, 0.29) is 5.41 Å². The first-order chi connectivity index (χ1) is 8.84. The lowest BCUT2D eigenvalue weighted by Crippen LogP contribution is -2.55. The molecular formula is C15H24N2O2. The number of pyridine rings is 1. The molecule has 4 nitrogen and oxygen atoms in total. The minimum Gasteiger partial charge on any atom is -0.497 e. The van der Waals surface area contributed by atoms with Crippen molar-refractivity contribution in [2.75, 3.05) is 20.2 Å². The number of methoxy groups -OCH3 is 1. The van der Waals surface area contributed by atoms with Crippen LogP contribution in [0.5, 0.6) is 5.75 Å². The predicted octanol–water partition coefficient (Wildman–Crippen LogP) is 2.07. The van der Waals surface area contributed by atoms with E-state index in [2.05, 4.69) is 23.7 Å². The number of rotatable bonds is 3. The lowest BCUT2D eigenvalue weighted by molar-refractivity contribution is -0.107. The molecule has 0 saturated carbocycles. The van der Waals surface area contributed by atoms with Crippen molar-refractivity contribution < 1.29 is 9.84 Å². The first-order valence-electron chi connectivity index (χ1n) is 6.78. The molecule has 0 aromatic carbocycles. The van der Waals surface area contributed by atoms with Crippen molar-refractivity contribution in [3.63, 3.8) is 0 Å². The molecule has 1 aliphatic rings. The molecule has 1 N–H and O–H groups in total. The zero-order valence-corrected chi connectivity index (χ0v) is 12.3. The Morgan fingerprint density at radius 3 is 2.79 bits per heavy atom. The fourth-order valence-electron chi connectivity index (χ4n) is 2.56. The predicted molar refractivity (Wildman–Crippen MR) is 75.1 cm³/mol. The van der Waals surface area contributed by atoms with Crippen molar-refractivity contribution >= 4 is 0 Å². The Balaban J connectivity index is 2.05. The first kappa shape index (κ1) is 14.3. The van der Waals surface area contributed by atoms with Gasteiger partial charge in [0.05, 0.1) is 18.4 Å². The van der Waals surface area contributed by atoms with Crippen LogP contribution in [-0.4, -0.2) is 40.8 Å². The number of piperidine rings is 1. The largest absolute Gasteiger partial charge is 0.497 e. The Morgan fingerprint density at radius 2 is 2.16 bits per heavy atom. The van der Waals surface area contributed by atoms with Crippen molar-refractivity contribution in [2.24, 2.45) is 5.41 Å². The number of ether oxygens (including phenoxy) is 1. The molecule has 19 heavy (non-hydrogen) atoms. The molecule has 0 aliphatic carbocycles. The van der Waals surface area contributed by atoms with Gasteiger partial charge in [0, 0.05) is 37.3 Å². The lowest BCUT2D eigenvalue weighted by atomic mass is 9.71. The third-order valence-electron chi connectivity index (χ3n) is 4.40. The Hall–Kier alpha value is -1.13. The number of aliphatic hydroxyl groups is 1. The summed E-state index contributed by atoms with van der Waals surface area (Å²) in [6.45, 7) is 8.76. The maximum atomic E-state index is 10.4. The van der Waals surface area contributed by atoms with Gasteiger partial charge in [0.1, 0.15) is 5.75 Å². The highest BCUT2D eigenvalue weighted by molar-refractivity contribution is 5.22. The molecule has 2 heterocycles. The molecule has 1 aromatic rings. The zero-order chi connectivity index (χ0) is 14.1. The van der Waals surface area contributed by atoms with E-state index in [1.807, 2.05) is 19.1 Å². The van der Waals surface area contributed by atoms with Crippen molar-refractivity contribution in [3.8, 4) is 5.75 Å². The van der Waals surface area contributed by atoms with Crippen LogP contribution < -0.4 is 4.74 Å². The summed E-state index contributed by atoms with van der Waals surface area (Å²) >= 11 is 0. The normalized spacial score (nSPS) is 27.2. The monoisotopic (exact) mass is 264 g/mol. The quantitative estimate of drug-likeness (QED) is 0.908. The van der Waals surface area contributed by atoms with Crippen molar-refractivity contribution in [2.45, 2.75) is 39.3 Å². The Kier molecular flexibility index (Phi) is 3.83. The molecule has 106 valence electrons. The minimum atomic E-state index is -0.592. The van der Waals surface area contributed by atoms with Crippen molar-refractivity contribution in [1.29, 1.82) is 0 Å². The van der Waals surface area contributed by atoms with Crippen LogP contribution in [0, 0.1) is 5.41 Å². The standard InChI is InChI=1S/C15H24N2O2/c1-14(2)11-17(8-6-15(14,3)18)10-12-9-13(19-4)5-7-16-12/h5,7,9,18H,6,8,10-11H2,1-4H3/t15-/m0/s1. The van der Waals surface area contributed by atoms with Crippen LogP contribution in [0.1, 0.15) is 32.9 Å².